The fraction of sp³-hybridized carbons (Fsp3) is 0.190. The average molecular weight is 398 g/mol. The molecule has 1 atom stereocenters. The zero-order valence-corrected chi connectivity index (χ0v) is 16.8. The lowest BCUT2D eigenvalue weighted by molar-refractivity contribution is 0.0939. The molecule has 3 rings (SSSR count). The predicted octanol–water partition coefficient (Wildman–Crippen LogP) is 4.68. The quantitative estimate of drug-likeness (QED) is 0.581. The largest absolute Gasteiger partial charge is 0.345 e. The van der Waals surface area contributed by atoms with E-state index < -0.39 is 10.6 Å². The third kappa shape index (κ3) is 4.75. The highest BCUT2D eigenvalue weighted by molar-refractivity contribution is 8.23. The number of hydrogen-bond donors (Lipinski definition) is 3. The van der Waals surface area contributed by atoms with Gasteiger partial charge < -0.3 is 5.32 Å². The summed E-state index contributed by atoms with van der Waals surface area (Å²) in [7, 11) is -2.97. The Morgan fingerprint density at radius 1 is 1.04 bits per heavy atom. The van der Waals surface area contributed by atoms with E-state index in [0.29, 0.717) is 16.3 Å². The zero-order valence-electron chi connectivity index (χ0n) is 16.0. The van der Waals surface area contributed by atoms with E-state index in [1.54, 1.807) is 31.5 Å². The summed E-state index contributed by atoms with van der Waals surface area (Å²) in [6.45, 7) is 3.65. The zero-order chi connectivity index (χ0) is 20.3. The third-order valence-electron chi connectivity index (χ3n) is 4.37. The Balaban J connectivity index is 1.93. The Hall–Kier alpha value is -2.74. The highest BCUT2D eigenvalue weighted by Crippen LogP contribution is 2.45. The van der Waals surface area contributed by atoms with Gasteiger partial charge in [-0.2, -0.15) is 10.6 Å². The number of benzene rings is 2. The highest BCUT2D eigenvalue weighted by atomic mass is 32.3. The van der Waals surface area contributed by atoms with Crippen LogP contribution >= 0.6 is 10.6 Å². The van der Waals surface area contributed by atoms with Crippen LogP contribution in [0.25, 0.3) is 11.1 Å². The first-order valence-electron chi connectivity index (χ1n) is 8.77. The van der Waals surface area contributed by atoms with E-state index >= 15 is 0 Å². The SMILES string of the molecule is Cc1ncc([C@@H](C)NC(=O)c2cc(-c3ccccc3)cc(S(C)(O)O)c2)cn1. The summed E-state index contributed by atoms with van der Waals surface area (Å²) >= 11 is 0. The number of aryl methyl sites for hydroxylation is 1. The second-order valence-electron chi connectivity index (χ2n) is 6.70. The summed E-state index contributed by atoms with van der Waals surface area (Å²) in [5.41, 5.74) is 2.79. The number of amides is 1. The lowest BCUT2D eigenvalue weighted by Crippen LogP contribution is -2.27. The number of nitrogens with one attached hydrogen (secondary N) is 1. The van der Waals surface area contributed by atoms with Crippen LogP contribution in [0.5, 0.6) is 0 Å². The van der Waals surface area contributed by atoms with Crippen molar-refractivity contribution in [3.8, 4) is 11.1 Å². The smallest absolute Gasteiger partial charge is 0.251 e. The standard InChI is InChI=1S/C21H23N3O3S/c1-14(19-12-22-15(2)23-13-19)24-21(25)18-9-17(16-7-5-4-6-8-16)10-20(11-18)28(3,26)27/h4-14,26-27H,1-3H3,(H,24,25)/t14-/m1/s1. The van der Waals surface area contributed by atoms with Crippen molar-refractivity contribution in [2.45, 2.75) is 24.8 Å². The van der Waals surface area contributed by atoms with E-state index in [4.69, 9.17) is 0 Å². The molecule has 1 amide bonds. The number of aromatic nitrogens is 2. The molecule has 0 aliphatic heterocycles. The fourth-order valence-corrected chi connectivity index (χ4v) is 3.44. The monoisotopic (exact) mass is 397 g/mol. The van der Waals surface area contributed by atoms with Crippen molar-refractivity contribution in [3.05, 3.63) is 77.9 Å². The minimum Gasteiger partial charge on any atom is -0.345 e. The number of nitrogens with zero attached hydrogens (tertiary/aromatic N) is 2. The summed E-state index contributed by atoms with van der Waals surface area (Å²) in [5.74, 6) is 0.353. The molecule has 0 saturated carbocycles. The molecule has 3 aromatic rings. The summed E-state index contributed by atoms with van der Waals surface area (Å²) in [5, 5.41) is 2.92. The van der Waals surface area contributed by atoms with Crippen LogP contribution in [0.1, 0.15) is 34.7 Å². The topological polar surface area (TPSA) is 95.3 Å². The van der Waals surface area contributed by atoms with Crippen LogP contribution in [0, 0.1) is 6.92 Å². The molecule has 0 saturated heterocycles. The fourth-order valence-electron chi connectivity index (χ4n) is 2.74. The summed E-state index contributed by atoms with van der Waals surface area (Å²) in [4.78, 5) is 21.5. The van der Waals surface area contributed by atoms with E-state index in [1.807, 2.05) is 37.3 Å². The summed E-state index contributed by atoms with van der Waals surface area (Å²) in [6, 6.07) is 14.2. The van der Waals surface area contributed by atoms with Crippen LogP contribution in [0.2, 0.25) is 0 Å². The van der Waals surface area contributed by atoms with Gasteiger partial charge in [0, 0.05) is 29.8 Å². The maximum absolute atomic E-state index is 12.9. The number of carbonyl (C=O) groups excluding carboxylic acids is 1. The Morgan fingerprint density at radius 2 is 1.68 bits per heavy atom. The van der Waals surface area contributed by atoms with Gasteiger partial charge in [-0.05, 0) is 43.2 Å². The van der Waals surface area contributed by atoms with Crippen molar-refractivity contribution in [1.29, 1.82) is 0 Å². The van der Waals surface area contributed by atoms with Crippen molar-refractivity contribution in [2.24, 2.45) is 0 Å². The number of hydrogen-bond acceptors (Lipinski definition) is 5. The van der Waals surface area contributed by atoms with Gasteiger partial charge in [0.25, 0.3) is 5.91 Å². The lowest BCUT2D eigenvalue weighted by Gasteiger charge is -2.28. The molecular formula is C21H23N3O3S. The molecule has 2 aromatic carbocycles. The van der Waals surface area contributed by atoms with Crippen molar-refractivity contribution in [2.75, 3.05) is 6.26 Å². The van der Waals surface area contributed by atoms with Crippen LogP contribution in [0.4, 0.5) is 0 Å². The van der Waals surface area contributed by atoms with Gasteiger partial charge in [0.15, 0.2) is 0 Å². The molecule has 6 nitrogen and oxygen atoms in total. The van der Waals surface area contributed by atoms with E-state index in [-0.39, 0.29) is 11.9 Å². The van der Waals surface area contributed by atoms with Gasteiger partial charge in [0.05, 0.1) is 10.9 Å². The molecule has 0 aliphatic carbocycles. The van der Waals surface area contributed by atoms with Gasteiger partial charge in [-0.25, -0.2) is 9.97 Å². The van der Waals surface area contributed by atoms with E-state index in [0.717, 1.165) is 16.7 Å². The molecule has 28 heavy (non-hydrogen) atoms. The van der Waals surface area contributed by atoms with Crippen molar-refractivity contribution in [1.82, 2.24) is 15.3 Å². The maximum atomic E-state index is 12.9. The Kier molecular flexibility index (Phi) is 5.79. The first kappa shape index (κ1) is 20.0. The normalized spacial score (nSPS) is 13.0. The number of rotatable bonds is 5. The second kappa shape index (κ2) is 8.10. The second-order valence-corrected chi connectivity index (χ2v) is 8.84. The molecule has 1 aromatic heterocycles. The van der Waals surface area contributed by atoms with Gasteiger partial charge >= 0.3 is 0 Å². The van der Waals surface area contributed by atoms with Crippen LogP contribution in [-0.4, -0.2) is 31.2 Å². The van der Waals surface area contributed by atoms with E-state index in [2.05, 4.69) is 15.3 Å². The summed E-state index contributed by atoms with van der Waals surface area (Å²) < 4.78 is 20.3. The molecule has 0 spiro atoms. The molecule has 0 aliphatic rings. The molecule has 146 valence electrons. The minimum atomic E-state index is -2.97. The highest BCUT2D eigenvalue weighted by Gasteiger charge is 2.18. The molecule has 7 heteroatoms. The van der Waals surface area contributed by atoms with Gasteiger partial charge in [-0.3, -0.25) is 13.9 Å². The molecule has 0 fully saturated rings. The Morgan fingerprint density at radius 3 is 2.29 bits per heavy atom. The Labute approximate surface area is 166 Å². The van der Waals surface area contributed by atoms with Gasteiger partial charge in [0.2, 0.25) is 0 Å². The van der Waals surface area contributed by atoms with Crippen molar-refractivity contribution >= 4 is 16.5 Å². The molecule has 0 unspecified atom stereocenters. The average Bonchev–Trinajstić information content (AvgIpc) is 2.68. The van der Waals surface area contributed by atoms with Crippen molar-refractivity contribution in [3.63, 3.8) is 0 Å². The van der Waals surface area contributed by atoms with Gasteiger partial charge in [0.1, 0.15) is 5.82 Å². The van der Waals surface area contributed by atoms with Gasteiger partial charge in [-0.1, -0.05) is 30.3 Å². The van der Waals surface area contributed by atoms with Gasteiger partial charge in [-0.15, -0.1) is 0 Å². The first-order valence-corrected chi connectivity index (χ1v) is 10.7. The van der Waals surface area contributed by atoms with Crippen LogP contribution < -0.4 is 5.32 Å². The Bertz CT molecular complexity index is 970. The van der Waals surface area contributed by atoms with Crippen LogP contribution in [-0.2, 0) is 0 Å². The third-order valence-corrected chi connectivity index (χ3v) is 5.50. The van der Waals surface area contributed by atoms with E-state index in [9.17, 15) is 13.9 Å². The molecule has 3 N–H and O–H groups in total. The molecule has 0 bridgehead atoms. The van der Waals surface area contributed by atoms with Crippen LogP contribution in [0.15, 0.2) is 65.8 Å². The predicted molar refractivity (Wildman–Crippen MR) is 112 cm³/mol. The van der Waals surface area contributed by atoms with E-state index in [1.165, 1.54) is 12.3 Å². The molecule has 1 heterocycles. The molecule has 0 radical (unpaired) electrons. The van der Waals surface area contributed by atoms with Crippen LogP contribution in [0.3, 0.4) is 0 Å². The summed E-state index contributed by atoms with van der Waals surface area (Å²) in [6.07, 6.45) is 4.72. The molecular weight excluding hydrogens is 374 g/mol. The lowest BCUT2D eigenvalue weighted by atomic mass is 10.0. The minimum absolute atomic E-state index is 0.293. The van der Waals surface area contributed by atoms with Crippen molar-refractivity contribution < 1.29 is 13.9 Å². The number of carbonyl (C=O) groups is 1. The first-order chi connectivity index (χ1) is 13.2. The maximum Gasteiger partial charge on any atom is 0.251 e.